The molecule has 3 aromatic heterocycles. The number of nitrogens with one attached hydrogen (secondary N) is 1. The highest BCUT2D eigenvalue weighted by atomic mass is 16.3. The van der Waals surface area contributed by atoms with E-state index in [9.17, 15) is 9.90 Å². The molecule has 3 heterocycles. The molecule has 0 radical (unpaired) electrons. The second-order valence-electron chi connectivity index (χ2n) is 5.82. The minimum absolute atomic E-state index is 0.157. The highest BCUT2D eigenvalue weighted by molar-refractivity contribution is 5.79. The second kappa shape index (κ2) is 5.96. The van der Waals surface area contributed by atoms with Crippen LogP contribution < -0.4 is 5.56 Å². The first-order valence-electron chi connectivity index (χ1n) is 7.85. The van der Waals surface area contributed by atoms with E-state index in [0.29, 0.717) is 16.7 Å². The van der Waals surface area contributed by atoms with Crippen LogP contribution in [0.2, 0.25) is 0 Å². The van der Waals surface area contributed by atoms with Gasteiger partial charge in [0.15, 0.2) is 0 Å². The Morgan fingerprint density at radius 3 is 2.12 bits per heavy atom. The molecule has 4 aromatic rings. The third-order valence-electron chi connectivity index (χ3n) is 4.30. The quantitative estimate of drug-likeness (QED) is 0.605. The molecular weight excluding hydrogens is 314 g/mol. The number of H-pyrrole nitrogens is 1. The van der Waals surface area contributed by atoms with E-state index in [2.05, 4.69) is 15.0 Å². The van der Waals surface area contributed by atoms with Gasteiger partial charge in [-0.3, -0.25) is 14.8 Å². The molecule has 1 aromatic carbocycles. The lowest BCUT2D eigenvalue weighted by Crippen LogP contribution is -2.29. The third-order valence-corrected chi connectivity index (χ3v) is 4.30. The number of aliphatic hydroxyl groups is 1. The Morgan fingerprint density at radius 2 is 1.52 bits per heavy atom. The van der Waals surface area contributed by atoms with E-state index in [1.54, 1.807) is 55.1 Å². The van der Waals surface area contributed by atoms with Crippen LogP contribution in [0.15, 0.2) is 84.2 Å². The Kier molecular flexibility index (Phi) is 3.63. The summed E-state index contributed by atoms with van der Waals surface area (Å²) in [5, 5.41) is 12.5. The smallest absolute Gasteiger partial charge is 0.248 e. The van der Waals surface area contributed by atoms with E-state index in [0.717, 1.165) is 10.9 Å². The van der Waals surface area contributed by atoms with Gasteiger partial charge >= 0.3 is 0 Å². The van der Waals surface area contributed by atoms with Crippen molar-refractivity contribution in [2.45, 2.75) is 5.60 Å². The number of hydrogen-bond acceptors (Lipinski definition) is 4. The van der Waals surface area contributed by atoms with Crippen LogP contribution in [0.4, 0.5) is 0 Å². The number of fused-ring (bicyclic) bond motifs is 1. The van der Waals surface area contributed by atoms with Crippen LogP contribution in [0.1, 0.15) is 16.7 Å². The SMILES string of the molecule is O=c1ccc2cc(C(O)(c3cccnc3)c3cccnc3)ccc2[nH]1. The summed E-state index contributed by atoms with van der Waals surface area (Å²) in [4.78, 5) is 22.6. The van der Waals surface area contributed by atoms with Crippen LogP contribution >= 0.6 is 0 Å². The number of rotatable bonds is 3. The molecule has 0 spiro atoms. The van der Waals surface area contributed by atoms with Crippen LogP contribution in [-0.2, 0) is 5.60 Å². The van der Waals surface area contributed by atoms with Crippen molar-refractivity contribution >= 4 is 10.9 Å². The summed E-state index contributed by atoms with van der Waals surface area (Å²) >= 11 is 0. The molecule has 0 bridgehead atoms. The van der Waals surface area contributed by atoms with Crippen molar-refractivity contribution in [3.63, 3.8) is 0 Å². The summed E-state index contributed by atoms with van der Waals surface area (Å²) in [7, 11) is 0. The number of pyridine rings is 3. The monoisotopic (exact) mass is 329 g/mol. The lowest BCUT2D eigenvalue weighted by molar-refractivity contribution is 0.125. The normalized spacial score (nSPS) is 11.6. The zero-order valence-corrected chi connectivity index (χ0v) is 13.3. The molecule has 0 atom stereocenters. The predicted molar refractivity (Wildman–Crippen MR) is 95.1 cm³/mol. The van der Waals surface area contributed by atoms with Gasteiger partial charge in [-0.25, -0.2) is 0 Å². The second-order valence-corrected chi connectivity index (χ2v) is 5.82. The van der Waals surface area contributed by atoms with Crippen LogP contribution in [0.3, 0.4) is 0 Å². The van der Waals surface area contributed by atoms with Crippen molar-refractivity contribution in [1.82, 2.24) is 15.0 Å². The Bertz CT molecular complexity index is 1040. The lowest BCUT2D eigenvalue weighted by Gasteiger charge is -2.29. The van der Waals surface area contributed by atoms with E-state index in [-0.39, 0.29) is 5.56 Å². The van der Waals surface area contributed by atoms with E-state index >= 15 is 0 Å². The standard InChI is InChI=1S/C20H15N3O2/c24-19-8-5-14-11-15(6-7-18(14)23-19)20(25,16-3-1-9-21-12-16)17-4-2-10-22-13-17/h1-13,25H,(H,23,24). The van der Waals surface area contributed by atoms with Crippen LogP contribution in [0, 0.1) is 0 Å². The Labute approximate surface area is 143 Å². The fraction of sp³-hybridized carbons (Fsp3) is 0.0500. The van der Waals surface area contributed by atoms with Crippen molar-refractivity contribution in [1.29, 1.82) is 0 Å². The van der Waals surface area contributed by atoms with Crippen LogP contribution in [-0.4, -0.2) is 20.1 Å². The predicted octanol–water partition coefficient (Wildman–Crippen LogP) is 2.60. The average Bonchev–Trinajstić information content (AvgIpc) is 2.68. The van der Waals surface area contributed by atoms with Gasteiger partial charge in [-0.1, -0.05) is 18.2 Å². The van der Waals surface area contributed by atoms with Crippen molar-refractivity contribution < 1.29 is 5.11 Å². The molecule has 4 rings (SSSR count). The third kappa shape index (κ3) is 2.60. The maximum atomic E-state index is 11.7. The van der Waals surface area contributed by atoms with Gasteiger partial charge in [-0.2, -0.15) is 0 Å². The van der Waals surface area contributed by atoms with E-state index in [4.69, 9.17) is 0 Å². The van der Waals surface area contributed by atoms with Crippen molar-refractivity contribution in [2.75, 3.05) is 0 Å². The van der Waals surface area contributed by atoms with Gasteiger partial charge in [0, 0.05) is 47.5 Å². The molecule has 5 heteroatoms. The summed E-state index contributed by atoms with van der Waals surface area (Å²) in [6.45, 7) is 0. The fourth-order valence-corrected chi connectivity index (χ4v) is 3.03. The number of hydrogen-bond donors (Lipinski definition) is 2. The molecular formula is C20H15N3O2. The molecule has 2 N–H and O–H groups in total. The number of nitrogens with zero attached hydrogens (tertiary/aromatic N) is 2. The molecule has 0 saturated carbocycles. The fourth-order valence-electron chi connectivity index (χ4n) is 3.03. The highest BCUT2D eigenvalue weighted by Gasteiger charge is 2.34. The van der Waals surface area contributed by atoms with Gasteiger partial charge in [0.25, 0.3) is 0 Å². The molecule has 122 valence electrons. The number of aromatic nitrogens is 3. The maximum Gasteiger partial charge on any atom is 0.248 e. The summed E-state index contributed by atoms with van der Waals surface area (Å²) < 4.78 is 0. The highest BCUT2D eigenvalue weighted by Crippen LogP contribution is 2.36. The Morgan fingerprint density at radius 1 is 0.840 bits per heavy atom. The molecule has 0 unspecified atom stereocenters. The Balaban J connectivity index is 1.98. The zero-order chi connectivity index (χ0) is 17.3. The molecule has 0 amide bonds. The van der Waals surface area contributed by atoms with Gasteiger partial charge in [-0.05, 0) is 41.3 Å². The zero-order valence-electron chi connectivity index (χ0n) is 13.3. The van der Waals surface area contributed by atoms with Gasteiger partial charge in [0.05, 0.1) is 0 Å². The van der Waals surface area contributed by atoms with E-state index in [1.165, 1.54) is 6.07 Å². The summed E-state index contributed by atoms with van der Waals surface area (Å²) in [6.07, 6.45) is 6.62. The average molecular weight is 329 g/mol. The number of benzene rings is 1. The summed E-state index contributed by atoms with van der Waals surface area (Å²) in [6, 6.07) is 15.9. The number of aromatic amines is 1. The van der Waals surface area contributed by atoms with Gasteiger partial charge in [-0.15, -0.1) is 0 Å². The Hall–Kier alpha value is -3.31. The van der Waals surface area contributed by atoms with Crippen LogP contribution in [0.25, 0.3) is 10.9 Å². The first-order chi connectivity index (χ1) is 12.2. The maximum absolute atomic E-state index is 11.7. The minimum Gasteiger partial charge on any atom is -0.376 e. The molecule has 0 aliphatic rings. The molecule has 0 aliphatic carbocycles. The van der Waals surface area contributed by atoms with Gasteiger partial charge < -0.3 is 10.1 Å². The summed E-state index contributed by atoms with van der Waals surface area (Å²) in [5.74, 6) is 0. The first-order valence-corrected chi connectivity index (χ1v) is 7.85. The lowest BCUT2D eigenvalue weighted by atomic mass is 9.81. The molecule has 25 heavy (non-hydrogen) atoms. The first kappa shape index (κ1) is 15.2. The van der Waals surface area contributed by atoms with Crippen molar-refractivity contribution in [3.05, 3.63) is 106 Å². The van der Waals surface area contributed by atoms with E-state index in [1.807, 2.05) is 18.2 Å². The topological polar surface area (TPSA) is 78.9 Å². The van der Waals surface area contributed by atoms with Crippen molar-refractivity contribution in [2.24, 2.45) is 0 Å². The van der Waals surface area contributed by atoms with Crippen LogP contribution in [0.5, 0.6) is 0 Å². The van der Waals surface area contributed by atoms with E-state index < -0.39 is 5.60 Å². The molecule has 0 saturated heterocycles. The molecule has 0 fully saturated rings. The summed E-state index contributed by atoms with van der Waals surface area (Å²) in [5.41, 5.74) is 1.13. The van der Waals surface area contributed by atoms with Gasteiger partial charge in [0.1, 0.15) is 5.60 Å². The molecule has 0 aliphatic heterocycles. The largest absolute Gasteiger partial charge is 0.376 e. The van der Waals surface area contributed by atoms with Gasteiger partial charge in [0.2, 0.25) is 5.56 Å². The minimum atomic E-state index is -1.40. The molecule has 5 nitrogen and oxygen atoms in total. The van der Waals surface area contributed by atoms with Crippen molar-refractivity contribution in [3.8, 4) is 0 Å².